The van der Waals surface area contributed by atoms with Gasteiger partial charge in [-0.3, -0.25) is 13.9 Å². The number of carbonyl (C=O) groups excluding carboxylic acids is 2. The van der Waals surface area contributed by atoms with E-state index in [1.54, 1.807) is 36.4 Å². The van der Waals surface area contributed by atoms with Gasteiger partial charge in [0.1, 0.15) is 12.6 Å². The normalized spacial score (nSPS) is 12.0. The number of hydrogen-bond donors (Lipinski definition) is 1. The first kappa shape index (κ1) is 32.0. The van der Waals surface area contributed by atoms with Gasteiger partial charge in [0, 0.05) is 23.5 Å². The highest BCUT2D eigenvalue weighted by Gasteiger charge is 2.34. The molecule has 224 valence electrons. The Labute approximate surface area is 262 Å². The lowest BCUT2D eigenvalue weighted by Gasteiger charge is -2.34. The average molecular weight is 663 g/mol. The van der Waals surface area contributed by atoms with E-state index in [0.717, 1.165) is 21.0 Å². The summed E-state index contributed by atoms with van der Waals surface area (Å²) in [5.74, 6) is -0.808. The van der Waals surface area contributed by atoms with Gasteiger partial charge < -0.3 is 10.2 Å². The molecule has 7 nitrogen and oxygen atoms in total. The molecule has 9 heteroatoms. The summed E-state index contributed by atoms with van der Waals surface area (Å²) < 4.78 is 29.9. The van der Waals surface area contributed by atoms with E-state index >= 15 is 0 Å². The first-order valence-electron chi connectivity index (χ1n) is 14.1. The number of hydrogen-bond acceptors (Lipinski definition) is 4. The highest BCUT2D eigenvalue weighted by atomic mass is 79.9. The fourth-order valence-corrected chi connectivity index (χ4v) is 6.51. The predicted octanol–water partition coefficient (Wildman–Crippen LogP) is 6.12. The van der Waals surface area contributed by atoms with E-state index in [-0.39, 0.29) is 29.8 Å². The molecule has 0 aliphatic heterocycles. The summed E-state index contributed by atoms with van der Waals surface area (Å²) in [5, 5.41) is 2.97. The van der Waals surface area contributed by atoms with Crippen LogP contribution < -0.4 is 9.62 Å². The topological polar surface area (TPSA) is 86.8 Å². The fraction of sp³-hybridized carbons (Fsp3) is 0.235. The molecular weight excluding hydrogens is 626 g/mol. The number of halogens is 1. The molecule has 0 aliphatic rings. The predicted molar refractivity (Wildman–Crippen MR) is 174 cm³/mol. The van der Waals surface area contributed by atoms with Crippen molar-refractivity contribution in [3.8, 4) is 0 Å². The highest BCUT2D eigenvalue weighted by Crippen LogP contribution is 2.27. The minimum Gasteiger partial charge on any atom is -0.352 e. The molecule has 0 aliphatic carbocycles. The minimum absolute atomic E-state index is 0.0684. The van der Waals surface area contributed by atoms with Gasteiger partial charge in [-0.2, -0.15) is 0 Å². The molecule has 0 unspecified atom stereocenters. The molecule has 0 bridgehead atoms. The number of benzene rings is 4. The molecule has 4 aromatic carbocycles. The standard InChI is InChI=1S/C34H36BrN3O4S/c1-25(2)36-34(40)32(21-27-11-6-4-7-12-27)37(23-28-13-8-5-9-14-28)33(39)24-38(30-16-10-15-29(35)22-30)43(41,42)31-19-17-26(3)18-20-31/h4-20,22,25,32H,21,23-24H2,1-3H3,(H,36,40)/t32-/m0/s1. The molecule has 1 atom stereocenters. The average Bonchev–Trinajstić information content (AvgIpc) is 2.98. The van der Waals surface area contributed by atoms with Crippen LogP contribution in [0.1, 0.15) is 30.5 Å². The first-order chi connectivity index (χ1) is 20.5. The molecule has 0 radical (unpaired) electrons. The van der Waals surface area contributed by atoms with Crippen molar-refractivity contribution >= 4 is 43.5 Å². The van der Waals surface area contributed by atoms with E-state index in [1.807, 2.05) is 81.4 Å². The van der Waals surface area contributed by atoms with Crippen LogP contribution in [0.5, 0.6) is 0 Å². The SMILES string of the molecule is Cc1ccc(S(=O)(=O)N(CC(=O)N(Cc2ccccc2)[C@@H](Cc2ccccc2)C(=O)NC(C)C)c2cccc(Br)c2)cc1. The Morgan fingerprint density at radius 1 is 0.814 bits per heavy atom. The van der Waals surface area contributed by atoms with E-state index in [9.17, 15) is 18.0 Å². The number of nitrogens with one attached hydrogen (secondary N) is 1. The Morgan fingerprint density at radius 2 is 1.42 bits per heavy atom. The summed E-state index contributed by atoms with van der Waals surface area (Å²) >= 11 is 3.43. The summed E-state index contributed by atoms with van der Waals surface area (Å²) in [6.07, 6.45) is 0.263. The molecule has 0 saturated carbocycles. The third-order valence-corrected chi connectivity index (χ3v) is 9.16. The van der Waals surface area contributed by atoms with Crippen LogP contribution in [0.3, 0.4) is 0 Å². The monoisotopic (exact) mass is 661 g/mol. The second-order valence-electron chi connectivity index (χ2n) is 10.7. The lowest BCUT2D eigenvalue weighted by Crippen LogP contribution is -2.54. The van der Waals surface area contributed by atoms with Gasteiger partial charge in [-0.15, -0.1) is 0 Å². The maximum Gasteiger partial charge on any atom is 0.264 e. The van der Waals surface area contributed by atoms with Crippen LogP contribution in [0.2, 0.25) is 0 Å². The number of rotatable bonds is 12. The maximum atomic E-state index is 14.4. The van der Waals surface area contributed by atoms with Crippen molar-refractivity contribution in [3.63, 3.8) is 0 Å². The van der Waals surface area contributed by atoms with Crippen molar-refractivity contribution in [3.05, 3.63) is 130 Å². The zero-order valence-electron chi connectivity index (χ0n) is 24.5. The molecule has 0 spiro atoms. The zero-order valence-corrected chi connectivity index (χ0v) is 26.9. The van der Waals surface area contributed by atoms with E-state index in [0.29, 0.717) is 10.2 Å². The van der Waals surface area contributed by atoms with Gasteiger partial charge in [-0.05, 0) is 62.2 Å². The minimum atomic E-state index is -4.15. The van der Waals surface area contributed by atoms with Gasteiger partial charge in [0.05, 0.1) is 10.6 Å². The van der Waals surface area contributed by atoms with Crippen LogP contribution in [-0.2, 0) is 32.6 Å². The van der Waals surface area contributed by atoms with E-state index in [2.05, 4.69) is 21.2 Å². The lowest BCUT2D eigenvalue weighted by molar-refractivity contribution is -0.140. The quantitative estimate of drug-likeness (QED) is 0.198. The van der Waals surface area contributed by atoms with Crippen LogP contribution >= 0.6 is 15.9 Å². The highest BCUT2D eigenvalue weighted by molar-refractivity contribution is 9.10. The Morgan fingerprint density at radius 3 is 2.00 bits per heavy atom. The van der Waals surface area contributed by atoms with E-state index in [1.165, 1.54) is 17.0 Å². The molecule has 43 heavy (non-hydrogen) atoms. The third-order valence-electron chi connectivity index (χ3n) is 6.88. The fourth-order valence-electron chi connectivity index (χ4n) is 4.71. The zero-order chi connectivity index (χ0) is 31.0. The van der Waals surface area contributed by atoms with Gasteiger partial charge in [-0.1, -0.05) is 100 Å². The number of nitrogens with zero attached hydrogens (tertiary/aromatic N) is 2. The van der Waals surface area contributed by atoms with Gasteiger partial charge >= 0.3 is 0 Å². The Balaban J connectivity index is 1.79. The maximum absolute atomic E-state index is 14.4. The molecule has 0 aromatic heterocycles. The molecular formula is C34H36BrN3O4S. The largest absolute Gasteiger partial charge is 0.352 e. The number of carbonyl (C=O) groups is 2. The second-order valence-corrected chi connectivity index (χ2v) is 13.5. The van der Waals surface area contributed by atoms with Crippen molar-refractivity contribution in [1.82, 2.24) is 10.2 Å². The van der Waals surface area contributed by atoms with E-state index in [4.69, 9.17) is 0 Å². The number of anilines is 1. The van der Waals surface area contributed by atoms with Crippen molar-refractivity contribution in [2.45, 2.75) is 50.7 Å². The number of amides is 2. The summed E-state index contributed by atoms with van der Waals surface area (Å²) in [5.41, 5.74) is 2.95. The molecule has 4 rings (SSSR count). The summed E-state index contributed by atoms with van der Waals surface area (Å²) in [6, 6.07) is 31.2. The van der Waals surface area contributed by atoms with Crippen molar-refractivity contribution in [2.75, 3.05) is 10.8 Å². The van der Waals surface area contributed by atoms with Gasteiger partial charge in [0.2, 0.25) is 11.8 Å². The molecule has 4 aromatic rings. The number of sulfonamides is 1. The second kappa shape index (κ2) is 14.5. The Bertz CT molecular complexity index is 1630. The third kappa shape index (κ3) is 8.55. The van der Waals surface area contributed by atoms with Crippen LogP contribution in [-0.4, -0.2) is 43.8 Å². The van der Waals surface area contributed by atoms with Crippen molar-refractivity contribution in [1.29, 1.82) is 0 Å². The summed E-state index contributed by atoms with van der Waals surface area (Å²) in [7, 11) is -4.15. The van der Waals surface area contributed by atoms with Gasteiger partial charge in [-0.25, -0.2) is 8.42 Å². The molecule has 0 heterocycles. The van der Waals surface area contributed by atoms with Crippen molar-refractivity contribution < 1.29 is 18.0 Å². The van der Waals surface area contributed by atoms with Gasteiger partial charge in [0.25, 0.3) is 10.0 Å². The Kier molecular flexibility index (Phi) is 10.8. The van der Waals surface area contributed by atoms with E-state index < -0.39 is 28.5 Å². The molecule has 1 N–H and O–H groups in total. The van der Waals surface area contributed by atoms with Gasteiger partial charge in [0.15, 0.2) is 0 Å². The lowest BCUT2D eigenvalue weighted by atomic mass is 10.0. The molecule has 0 fully saturated rings. The smallest absolute Gasteiger partial charge is 0.264 e. The molecule has 0 saturated heterocycles. The van der Waals surface area contributed by atoms with Crippen LogP contribution in [0, 0.1) is 6.92 Å². The van der Waals surface area contributed by atoms with Crippen LogP contribution in [0.25, 0.3) is 0 Å². The van der Waals surface area contributed by atoms with Crippen LogP contribution in [0.15, 0.2) is 119 Å². The number of aryl methyl sites for hydroxylation is 1. The summed E-state index contributed by atoms with van der Waals surface area (Å²) in [6.45, 7) is 5.23. The summed E-state index contributed by atoms with van der Waals surface area (Å²) in [4.78, 5) is 29.7. The van der Waals surface area contributed by atoms with Crippen molar-refractivity contribution in [2.24, 2.45) is 0 Å². The Hall–Kier alpha value is -3.95. The first-order valence-corrected chi connectivity index (χ1v) is 16.3. The molecule has 2 amide bonds. The van der Waals surface area contributed by atoms with Crippen LogP contribution in [0.4, 0.5) is 5.69 Å².